The number of nitrogens with two attached hydrogens (primary N) is 2. The van der Waals surface area contributed by atoms with Crippen LogP contribution in [0.5, 0.6) is 11.5 Å². The fourth-order valence-corrected chi connectivity index (χ4v) is 9.26. The molecular weight excluding hydrogens is 857 g/mol. The van der Waals surface area contributed by atoms with Crippen molar-refractivity contribution in [1.82, 2.24) is 44.4 Å². The van der Waals surface area contributed by atoms with Crippen molar-refractivity contribution < 1.29 is 23.7 Å². The van der Waals surface area contributed by atoms with Crippen LogP contribution in [-0.2, 0) is 39.8 Å². The van der Waals surface area contributed by atoms with Crippen LogP contribution < -0.4 is 41.4 Å². The standard InChI is InChI=1S/C23H28N8O3.C23H28N8O2/c1-29-21-16(20(28-29)22(24)32)6-4-14-13-25-23(27-19(14)21)26-17-12-15(5-7-18(17)34-3)30-8-10-31(2,33)11-9-30;1-29-8-10-31(11-9-29)15-5-7-18(33-3)17(12-15)26-23-25-13-14-4-6-16-20(22(24)32)28-30(2)21(16)19(14)27-23/h5,7,12-13H,4,6,8-11H2,1-3H3,(H2,24,32)(H,25,26,27);5,7,12-13H,4,6,8-11H2,1-3H3,(H2,24,32)(H,25,26,27). The number of hydroxylamine groups is 3. The molecule has 2 fully saturated rings. The van der Waals surface area contributed by atoms with E-state index in [1.807, 2.05) is 30.5 Å². The van der Waals surface area contributed by atoms with Crippen LogP contribution >= 0.6 is 0 Å². The number of anilines is 6. The number of aryl methyl sites for hydroxylation is 4. The molecule has 67 heavy (non-hydrogen) atoms. The number of rotatable bonds is 10. The molecule has 350 valence electrons. The quantitative estimate of drug-likeness (QED) is 0.114. The van der Waals surface area contributed by atoms with E-state index in [2.05, 4.69) is 64.7 Å². The molecule has 0 bridgehead atoms. The molecule has 2 amide bonds. The summed E-state index contributed by atoms with van der Waals surface area (Å²) < 4.78 is 14.3. The van der Waals surface area contributed by atoms with Gasteiger partial charge in [0.1, 0.15) is 11.5 Å². The molecule has 6 N–H and O–H groups in total. The topological polar surface area (TPSA) is 249 Å². The number of amides is 2. The molecule has 10 rings (SSSR count). The van der Waals surface area contributed by atoms with Gasteiger partial charge in [0.25, 0.3) is 11.8 Å². The van der Waals surface area contributed by atoms with E-state index in [1.54, 1.807) is 50.9 Å². The van der Waals surface area contributed by atoms with Crippen LogP contribution in [0.25, 0.3) is 22.8 Å². The maximum absolute atomic E-state index is 12.2. The van der Waals surface area contributed by atoms with Crippen molar-refractivity contribution in [2.75, 3.05) is 101 Å². The fourth-order valence-electron chi connectivity index (χ4n) is 9.26. The van der Waals surface area contributed by atoms with E-state index in [-0.39, 0.29) is 4.65 Å². The fraction of sp³-hybridized carbons (Fsp3) is 0.391. The van der Waals surface area contributed by atoms with Gasteiger partial charge >= 0.3 is 0 Å². The Balaban J connectivity index is 0.000000168. The third-order valence-corrected chi connectivity index (χ3v) is 13.0. The summed E-state index contributed by atoms with van der Waals surface area (Å²) in [7, 11) is 10.7. The average Bonchev–Trinajstić information content (AvgIpc) is 3.86. The second-order valence-electron chi connectivity index (χ2n) is 17.5. The van der Waals surface area contributed by atoms with Crippen LogP contribution in [0.1, 0.15) is 43.2 Å². The van der Waals surface area contributed by atoms with Crippen molar-refractivity contribution in [3.63, 3.8) is 0 Å². The Morgan fingerprint density at radius 1 is 0.657 bits per heavy atom. The van der Waals surface area contributed by atoms with Gasteiger partial charge in [-0.2, -0.15) is 10.2 Å². The Labute approximate surface area is 387 Å². The summed E-state index contributed by atoms with van der Waals surface area (Å²) in [6.07, 6.45) is 6.43. The SMILES string of the molecule is COc1ccc(N2CCN(C)CC2)cc1Nc1ncc2c(n1)-c1c(c(C(N)=O)nn1C)CC2.COc1ccc(N2CC[N+](C)([O-])CC2)cc1Nc1ncc2c(n1)-c1c(c(C(N)=O)nn1C)CC2. The lowest BCUT2D eigenvalue weighted by molar-refractivity contribution is -0.861. The van der Waals surface area contributed by atoms with Crippen molar-refractivity contribution in [3.05, 3.63) is 87.6 Å². The number of hydrogen-bond acceptors (Lipinski definition) is 16. The number of ether oxygens (including phenoxy) is 2. The number of methoxy groups -OCH3 is 2. The minimum atomic E-state index is -0.539. The van der Waals surface area contributed by atoms with Gasteiger partial charge in [0.2, 0.25) is 11.9 Å². The van der Waals surface area contributed by atoms with E-state index in [9.17, 15) is 14.8 Å². The molecule has 4 aliphatic rings. The van der Waals surface area contributed by atoms with Gasteiger partial charge in [-0.25, -0.2) is 19.9 Å². The molecule has 21 heteroatoms. The summed E-state index contributed by atoms with van der Waals surface area (Å²) in [4.78, 5) is 49.2. The summed E-state index contributed by atoms with van der Waals surface area (Å²) in [5.74, 6) is 1.18. The number of nitrogens with zero attached hydrogens (tertiary/aromatic N) is 12. The number of hydrogen-bond donors (Lipinski definition) is 4. The molecule has 0 spiro atoms. The van der Waals surface area contributed by atoms with Crippen LogP contribution in [-0.4, -0.2) is 142 Å². The van der Waals surface area contributed by atoms with Crippen molar-refractivity contribution in [2.45, 2.75) is 25.7 Å². The Kier molecular flexibility index (Phi) is 12.1. The van der Waals surface area contributed by atoms with Crippen molar-refractivity contribution in [1.29, 1.82) is 0 Å². The van der Waals surface area contributed by atoms with Crippen molar-refractivity contribution in [2.24, 2.45) is 25.6 Å². The van der Waals surface area contributed by atoms with Gasteiger partial charge in [-0.15, -0.1) is 0 Å². The highest BCUT2D eigenvalue weighted by atomic mass is 16.5. The van der Waals surface area contributed by atoms with E-state index < -0.39 is 11.8 Å². The molecule has 0 saturated carbocycles. The number of quaternary nitrogens is 1. The maximum atomic E-state index is 12.2. The normalized spacial score (nSPS) is 16.1. The lowest BCUT2D eigenvalue weighted by Gasteiger charge is -2.45. The lowest BCUT2D eigenvalue weighted by Crippen LogP contribution is -2.53. The predicted molar refractivity (Wildman–Crippen MR) is 254 cm³/mol. The van der Waals surface area contributed by atoms with Gasteiger partial charge < -0.3 is 56.1 Å². The molecule has 2 aromatic carbocycles. The lowest BCUT2D eigenvalue weighted by atomic mass is 9.93. The first kappa shape index (κ1) is 44.8. The molecule has 0 atom stereocenters. The minimum absolute atomic E-state index is 0.214. The second kappa shape index (κ2) is 18.1. The molecule has 2 aliphatic heterocycles. The van der Waals surface area contributed by atoms with Crippen LogP contribution in [0.4, 0.5) is 34.6 Å². The number of benzene rings is 2. The first-order valence-corrected chi connectivity index (χ1v) is 22.3. The number of piperazine rings is 2. The predicted octanol–water partition coefficient (Wildman–Crippen LogP) is 3.17. The maximum Gasteiger partial charge on any atom is 0.269 e. The van der Waals surface area contributed by atoms with Crippen LogP contribution in [0, 0.1) is 5.21 Å². The first-order chi connectivity index (χ1) is 32.2. The van der Waals surface area contributed by atoms with Crippen LogP contribution in [0.15, 0.2) is 48.8 Å². The number of fused-ring (bicyclic) bond motifs is 6. The van der Waals surface area contributed by atoms with E-state index in [0.29, 0.717) is 80.2 Å². The van der Waals surface area contributed by atoms with Gasteiger partial charge in [0.05, 0.1) is 81.6 Å². The summed E-state index contributed by atoms with van der Waals surface area (Å²) in [5, 5.41) is 27.5. The molecule has 0 unspecified atom stereocenters. The Morgan fingerprint density at radius 2 is 1.09 bits per heavy atom. The number of carbonyl (C=O) groups is 2. The van der Waals surface area contributed by atoms with E-state index in [4.69, 9.17) is 30.9 Å². The highest BCUT2D eigenvalue weighted by Gasteiger charge is 2.30. The number of primary amides is 2. The zero-order valence-corrected chi connectivity index (χ0v) is 38.7. The van der Waals surface area contributed by atoms with Crippen LogP contribution in [0.2, 0.25) is 0 Å². The summed E-state index contributed by atoms with van der Waals surface area (Å²) in [6, 6.07) is 12.0. The average molecular weight is 913 g/mol. The largest absolute Gasteiger partial charge is 0.633 e. The highest BCUT2D eigenvalue weighted by Crippen LogP contribution is 2.38. The Morgan fingerprint density at radius 3 is 1.51 bits per heavy atom. The summed E-state index contributed by atoms with van der Waals surface area (Å²) in [5.41, 5.74) is 22.1. The van der Waals surface area contributed by atoms with Gasteiger partial charge in [0.15, 0.2) is 11.4 Å². The zero-order valence-electron chi connectivity index (χ0n) is 38.7. The molecule has 6 heterocycles. The van der Waals surface area contributed by atoms with E-state index >= 15 is 0 Å². The smallest absolute Gasteiger partial charge is 0.269 e. The third-order valence-electron chi connectivity index (χ3n) is 13.0. The minimum Gasteiger partial charge on any atom is -0.633 e. The molecule has 0 radical (unpaired) electrons. The first-order valence-electron chi connectivity index (χ1n) is 22.3. The Bertz CT molecular complexity index is 2860. The Hall–Kier alpha value is -7.36. The van der Waals surface area contributed by atoms with E-state index in [0.717, 1.165) is 100 Å². The number of aromatic nitrogens is 8. The number of likely N-dealkylation sites (N-methyl/N-ethyl adjacent to an activating group) is 2. The van der Waals surface area contributed by atoms with E-state index in [1.165, 1.54) is 0 Å². The highest BCUT2D eigenvalue weighted by molar-refractivity contribution is 5.95. The molecule has 2 saturated heterocycles. The van der Waals surface area contributed by atoms with Gasteiger partial charge in [-0.1, -0.05) is 0 Å². The summed E-state index contributed by atoms with van der Waals surface area (Å²) >= 11 is 0. The van der Waals surface area contributed by atoms with Crippen LogP contribution in [0.3, 0.4) is 0 Å². The number of nitrogens with one attached hydrogen (secondary N) is 2. The van der Waals surface area contributed by atoms with Crippen molar-refractivity contribution in [3.8, 4) is 34.3 Å². The molecule has 21 nitrogen and oxygen atoms in total. The second-order valence-corrected chi connectivity index (χ2v) is 17.5. The zero-order chi connectivity index (χ0) is 47.1. The summed E-state index contributed by atoms with van der Waals surface area (Å²) in [6.45, 7) is 6.48. The number of carbonyl (C=O) groups excluding carboxylic acids is 2. The van der Waals surface area contributed by atoms with Crippen molar-refractivity contribution >= 4 is 46.5 Å². The van der Waals surface area contributed by atoms with Gasteiger partial charge in [-0.3, -0.25) is 19.0 Å². The molecule has 2 aliphatic carbocycles. The van der Waals surface area contributed by atoms with Gasteiger partial charge in [-0.05, 0) is 80.3 Å². The molecular formula is C46H56N16O5. The molecule has 4 aromatic heterocycles. The third kappa shape index (κ3) is 8.99. The van der Waals surface area contributed by atoms with Gasteiger partial charge in [0, 0.05) is 75.2 Å². The monoisotopic (exact) mass is 912 g/mol. The molecule has 6 aromatic rings.